The first-order valence-corrected chi connectivity index (χ1v) is 8.21. The van der Waals surface area contributed by atoms with Crippen LogP contribution >= 0.6 is 22.6 Å². The van der Waals surface area contributed by atoms with Crippen molar-refractivity contribution in [2.75, 3.05) is 31.1 Å². The summed E-state index contributed by atoms with van der Waals surface area (Å²) in [5.74, 6) is 2.60. The van der Waals surface area contributed by atoms with E-state index in [2.05, 4.69) is 53.0 Å². The van der Waals surface area contributed by atoms with Gasteiger partial charge in [-0.25, -0.2) is 9.97 Å². The van der Waals surface area contributed by atoms with Crippen molar-refractivity contribution in [1.82, 2.24) is 25.5 Å². The molecule has 7 heteroatoms. The number of fused-ring (bicyclic) bond motifs is 1. The van der Waals surface area contributed by atoms with Gasteiger partial charge in [0.2, 0.25) is 5.65 Å². The number of nitrogens with one attached hydrogen (secondary N) is 2. The van der Waals surface area contributed by atoms with E-state index in [0.717, 1.165) is 45.6 Å². The lowest BCUT2D eigenvalue weighted by Gasteiger charge is -2.45. The predicted octanol–water partition coefficient (Wildman–Crippen LogP) is 1.39. The van der Waals surface area contributed by atoms with Crippen molar-refractivity contribution < 1.29 is 0 Å². The summed E-state index contributed by atoms with van der Waals surface area (Å²) in [6.45, 7) is 4.58. The zero-order valence-corrected chi connectivity index (χ0v) is 13.3. The second-order valence-corrected chi connectivity index (χ2v) is 6.79. The van der Waals surface area contributed by atoms with E-state index in [1.54, 1.807) is 0 Å². The van der Waals surface area contributed by atoms with Crippen LogP contribution in [0.3, 0.4) is 0 Å². The summed E-state index contributed by atoms with van der Waals surface area (Å²) >= 11 is 2.20. The van der Waals surface area contributed by atoms with Crippen molar-refractivity contribution in [2.45, 2.75) is 12.8 Å². The second kappa shape index (κ2) is 5.10. The fraction of sp³-hybridized carbons (Fsp3) is 0.615. The standard InChI is InChI=1S/C13H17IN6/c14-12-11-13(19-18-12)17-10(5-16-11)20-6-9(7-20)8-2-1-3-15-4-8/h5,8-9,15H,1-4,6-7H2,(H,17,18,19). The van der Waals surface area contributed by atoms with Crippen molar-refractivity contribution >= 4 is 39.6 Å². The third-order valence-electron chi connectivity index (χ3n) is 4.44. The summed E-state index contributed by atoms with van der Waals surface area (Å²) in [6, 6.07) is 0. The summed E-state index contributed by atoms with van der Waals surface area (Å²) in [7, 11) is 0. The first-order chi connectivity index (χ1) is 9.81. The molecule has 0 saturated carbocycles. The van der Waals surface area contributed by atoms with Crippen LogP contribution in [0.25, 0.3) is 11.2 Å². The molecule has 4 rings (SSSR count). The predicted molar refractivity (Wildman–Crippen MR) is 85.7 cm³/mol. The van der Waals surface area contributed by atoms with Crippen LogP contribution in [0.4, 0.5) is 5.82 Å². The minimum absolute atomic E-state index is 0.717. The first kappa shape index (κ1) is 12.8. The maximum atomic E-state index is 4.60. The number of aromatic nitrogens is 4. The fourth-order valence-electron chi connectivity index (χ4n) is 3.19. The van der Waals surface area contributed by atoms with Crippen molar-refractivity contribution in [3.8, 4) is 0 Å². The van der Waals surface area contributed by atoms with E-state index in [4.69, 9.17) is 0 Å². The molecule has 20 heavy (non-hydrogen) atoms. The number of rotatable bonds is 2. The molecule has 2 aromatic heterocycles. The molecule has 0 amide bonds. The number of hydrogen-bond donors (Lipinski definition) is 2. The monoisotopic (exact) mass is 384 g/mol. The van der Waals surface area contributed by atoms with Gasteiger partial charge in [-0.2, -0.15) is 5.10 Å². The third kappa shape index (κ3) is 2.16. The number of H-pyrrole nitrogens is 1. The smallest absolute Gasteiger partial charge is 0.202 e. The highest BCUT2D eigenvalue weighted by Crippen LogP contribution is 2.31. The van der Waals surface area contributed by atoms with Crippen LogP contribution in [-0.2, 0) is 0 Å². The van der Waals surface area contributed by atoms with E-state index in [1.165, 1.54) is 25.9 Å². The molecule has 1 atom stereocenters. The lowest BCUT2D eigenvalue weighted by Crippen LogP contribution is -2.53. The zero-order valence-electron chi connectivity index (χ0n) is 11.1. The quantitative estimate of drug-likeness (QED) is 0.767. The lowest BCUT2D eigenvalue weighted by atomic mass is 9.81. The van der Waals surface area contributed by atoms with Crippen molar-refractivity contribution in [2.24, 2.45) is 11.8 Å². The Hall–Kier alpha value is -0.960. The Morgan fingerprint density at radius 2 is 2.20 bits per heavy atom. The van der Waals surface area contributed by atoms with Crippen molar-refractivity contribution in [3.05, 3.63) is 9.90 Å². The Labute approximate surface area is 130 Å². The van der Waals surface area contributed by atoms with Crippen LogP contribution in [0.5, 0.6) is 0 Å². The molecule has 0 spiro atoms. The average molecular weight is 384 g/mol. The molecular weight excluding hydrogens is 367 g/mol. The number of halogens is 1. The molecule has 2 aromatic rings. The van der Waals surface area contributed by atoms with E-state index in [1.807, 2.05) is 6.20 Å². The fourth-order valence-corrected chi connectivity index (χ4v) is 3.69. The summed E-state index contributed by atoms with van der Waals surface area (Å²) in [5, 5.41) is 10.6. The van der Waals surface area contributed by atoms with E-state index >= 15 is 0 Å². The molecular formula is C13H17IN6. The maximum absolute atomic E-state index is 4.60. The normalized spacial score (nSPS) is 24.1. The van der Waals surface area contributed by atoms with E-state index in [-0.39, 0.29) is 0 Å². The van der Waals surface area contributed by atoms with Crippen LogP contribution in [0.15, 0.2) is 6.20 Å². The summed E-state index contributed by atoms with van der Waals surface area (Å²) < 4.78 is 0.950. The van der Waals surface area contributed by atoms with Gasteiger partial charge in [-0.3, -0.25) is 5.10 Å². The van der Waals surface area contributed by atoms with Gasteiger partial charge in [0.05, 0.1) is 6.20 Å². The van der Waals surface area contributed by atoms with Crippen molar-refractivity contribution in [1.29, 1.82) is 0 Å². The number of anilines is 1. The molecule has 2 N–H and O–H groups in total. The number of nitrogens with zero attached hydrogens (tertiary/aromatic N) is 4. The molecule has 2 saturated heterocycles. The molecule has 6 nitrogen and oxygen atoms in total. The van der Waals surface area contributed by atoms with Gasteiger partial charge in [0.15, 0.2) is 0 Å². The first-order valence-electron chi connectivity index (χ1n) is 7.13. The Bertz CT molecular complexity index is 614. The molecule has 0 aromatic carbocycles. The zero-order chi connectivity index (χ0) is 13.5. The molecule has 2 aliphatic rings. The van der Waals surface area contributed by atoms with Crippen LogP contribution in [0.2, 0.25) is 0 Å². The second-order valence-electron chi connectivity index (χ2n) is 5.71. The maximum Gasteiger partial charge on any atom is 0.202 e. The number of aromatic amines is 1. The van der Waals surface area contributed by atoms with Gasteiger partial charge < -0.3 is 10.2 Å². The molecule has 2 aliphatic heterocycles. The molecule has 106 valence electrons. The highest BCUT2D eigenvalue weighted by Gasteiger charge is 2.34. The minimum Gasteiger partial charge on any atom is -0.355 e. The largest absolute Gasteiger partial charge is 0.355 e. The average Bonchev–Trinajstić information content (AvgIpc) is 2.80. The highest BCUT2D eigenvalue weighted by molar-refractivity contribution is 14.1. The Morgan fingerprint density at radius 1 is 1.30 bits per heavy atom. The Kier molecular flexibility index (Phi) is 3.25. The van der Waals surface area contributed by atoms with Crippen LogP contribution in [0.1, 0.15) is 12.8 Å². The van der Waals surface area contributed by atoms with E-state index in [9.17, 15) is 0 Å². The van der Waals surface area contributed by atoms with E-state index < -0.39 is 0 Å². The molecule has 4 heterocycles. The Balaban J connectivity index is 1.46. The Morgan fingerprint density at radius 3 is 3.00 bits per heavy atom. The SMILES string of the molecule is Ic1[nH]nc2nc(N3CC(C4CCCNC4)C3)cnc12. The molecule has 0 aliphatic carbocycles. The van der Waals surface area contributed by atoms with Crippen LogP contribution in [-0.4, -0.2) is 46.3 Å². The molecule has 1 unspecified atom stereocenters. The lowest BCUT2D eigenvalue weighted by molar-refractivity contribution is 0.223. The van der Waals surface area contributed by atoms with Gasteiger partial charge in [-0.15, -0.1) is 0 Å². The molecule has 0 radical (unpaired) electrons. The highest BCUT2D eigenvalue weighted by atomic mass is 127. The van der Waals surface area contributed by atoms with Gasteiger partial charge in [-0.1, -0.05) is 0 Å². The summed E-state index contributed by atoms with van der Waals surface area (Å²) in [5.41, 5.74) is 1.58. The van der Waals surface area contributed by atoms with Crippen molar-refractivity contribution in [3.63, 3.8) is 0 Å². The van der Waals surface area contributed by atoms with Gasteiger partial charge in [-0.05, 0) is 60.4 Å². The van der Waals surface area contributed by atoms with Gasteiger partial charge >= 0.3 is 0 Å². The van der Waals surface area contributed by atoms with Gasteiger partial charge in [0.1, 0.15) is 15.0 Å². The number of hydrogen-bond acceptors (Lipinski definition) is 5. The van der Waals surface area contributed by atoms with Gasteiger partial charge in [0, 0.05) is 13.1 Å². The summed E-state index contributed by atoms with van der Waals surface area (Å²) in [4.78, 5) is 11.4. The van der Waals surface area contributed by atoms with E-state index in [0.29, 0.717) is 0 Å². The van der Waals surface area contributed by atoms with Gasteiger partial charge in [0.25, 0.3) is 0 Å². The molecule has 0 bridgehead atoms. The van der Waals surface area contributed by atoms with Crippen LogP contribution in [0, 0.1) is 15.5 Å². The topological polar surface area (TPSA) is 69.7 Å². The summed E-state index contributed by atoms with van der Waals surface area (Å²) in [6.07, 6.45) is 4.56. The minimum atomic E-state index is 0.717. The number of piperidine rings is 1. The molecule has 2 fully saturated rings. The third-order valence-corrected chi connectivity index (χ3v) is 5.20. The van der Waals surface area contributed by atoms with Crippen LogP contribution < -0.4 is 10.2 Å².